The third-order valence-corrected chi connectivity index (χ3v) is 5.27. The van der Waals surface area contributed by atoms with Gasteiger partial charge in [-0.15, -0.1) is 22.7 Å². The molecule has 0 radical (unpaired) electrons. The number of rotatable bonds is 4. The first-order valence-electron chi connectivity index (χ1n) is 6.63. The van der Waals surface area contributed by atoms with Gasteiger partial charge in [-0.25, -0.2) is 9.36 Å². The van der Waals surface area contributed by atoms with Gasteiger partial charge in [0.25, 0.3) is 5.56 Å². The van der Waals surface area contributed by atoms with E-state index in [0.717, 1.165) is 15.0 Å². The van der Waals surface area contributed by atoms with E-state index >= 15 is 0 Å². The zero-order chi connectivity index (χ0) is 15.9. The molecule has 6 nitrogen and oxygen atoms in total. The van der Waals surface area contributed by atoms with E-state index in [0.29, 0.717) is 10.2 Å². The molecule has 0 spiro atoms. The van der Waals surface area contributed by atoms with Crippen LogP contribution in [0.4, 0.5) is 0 Å². The van der Waals surface area contributed by atoms with Crippen molar-refractivity contribution >= 4 is 38.8 Å². The van der Waals surface area contributed by atoms with Gasteiger partial charge in [0, 0.05) is 15.8 Å². The molecule has 0 saturated carbocycles. The van der Waals surface area contributed by atoms with Crippen molar-refractivity contribution in [1.82, 2.24) is 9.55 Å². The van der Waals surface area contributed by atoms with Crippen LogP contribution < -0.4 is 17.0 Å². The molecule has 3 rings (SSSR count). The van der Waals surface area contributed by atoms with E-state index in [1.54, 1.807) is 6.92 Å². The molecule has 3 aromatic heterocycles. The fourth-order valence-corrected chi connectivity index (χ4v) is 4.20. The summed E-state index contributed by atoms with van der Waals surface area (Å²) in [5.74, 6) is -0.692. The van der Waals surface area contributed by atoms with Crippen molar-refractivity contribution in [3.63, 3.8) is 0 Å². The number of aromatic nitrogens is 2. The number of nitrogens with one attached hydrogen (secondary N) is 1. The monoisotopic (exact) mass is 335 g/mol. The van der Waals surface area contributed by atoms with Crippen LogP contribution >= 0.6 is 22.7 Å². The second-order valence-corrected chi connectivity index (χ2v) is 6.59. The van der Waals surface area contributed by atoms with Gasteiger partial charge in [0.05, 0.1) is 5.39 Å². The van der Waals surface area contributed by atoms with Crippen LogP contribution in [0.3, 0.4) is 0 Å². The lowest BCUT2D eigenvalue weighted by atomic mass is 10.2. The maximum atomic E-state index is 12.8. The third-order valence-electron chi connectivity index (χ3n) is 3.48. The molecule has 0 bridgehead atoms. The van der Waals surface area contributed by atoms with Crippen molar-refractivity contribution in [2.75, 3.05) is 0 Å². The summed E-state index contributed by atoms with van der Waals surface area (Å²) in [4.78, 5) is 40.6. The Morgan fingerprint density at radius 1 is 1.41 bits per heavy atom. The Bertz CT molecular complexity index is 950. The maximum Gasteiger partial charge on any atom is 0.330 e. The fraction of sp³-hybridized carbons (Fsp3) is 0.214. The molecule has 3 heterocycles. The van der Waals surface area contributed by atoms with Gasteiger partial charge >= 0.3 is 5.69 Å². The molecule has 0 saturated heterocycles. The summed E-state index contributed by atoms with van der Waals surface area (Å²) in [5, 5.41) is 4.18. The number of H-pyrrole nitrogens is 1. The highest BCUT2D eigenvalue weighted by atomic mass is 32.1. The van der Waals surface area contributed by atoms with Gasteiger partial charge in [-0.2, -0.15) is 0 Å². The Hall–Kier alpha value is -2.19. The normalized spacial score (nSPS) is 12.6. The number of aromatic amines is 1. The molecule has 3 aromatic rings. The molecule has 1 amide bonds. The minimum atomic E-state index is -0.947. The largest absolute Gasteiger partial charge is 0.368 e. The van der Waals surface area contributed by atoms with Crippen LogP contribution in [0, 0.1) is 0 Å². The number of thiophene rings is 2. The zero-order valence-electron chi connectivity index (χ0n) is 11.7. The van der Waals surface area contributed by atoms with Crippen molar-refractivity contribution in [2.45, 2.75) is 19.4 Å². The molecule has 114 valence electrons. The van der Waals surface area contributed by atoms with Crippen LogP contribution in [-0.4, -0.2) is 15.5 Å². The van der Waals surface area contributed by atoms with E-state index in [4.69, 9.17) is 5.73 Å². The predicted octanol–water partition coefficient (Wildman–Crippen LogP) is 1.92. The van der Waals surface area contributed by atoms with Crippen molar-refractivity contribution in [3.05, 3.63) is 43.7 Å². The number of hydrogen-bond donors (Lipinski definition) is 2. The van der Waals surface area contributed by atoms with Gasteiger partial charge < -0.3 is 5.73 Å². The summed E-state index contributed by atoms with van der Waals surface area (Å²) in [5.41, 5.74) is 5.00. The lowest BCUT2D eigenvalue weighted by molar-refractivity contribution is -0.121. The van der Waals surface area contributed by atoms with Crippen LogP contribution in [0.25, 0.3) is 20.7 Å². The zero-order valence-corrected chi connectivity index (χ0v) is 13.3. The molecule has 3 N–H and O–H groups in total. The second kappa shape index (κ2) is 5.54. The molecular formula is C14H13N3O3S2. The second-order valence-electron chi connectivity index (χ2n) is 4.76. The van der Waals surface area contributed by atoms with Gasteiger partial charge in [-0.1, -0.05) is 13.0 Å². The minimum Gasteiger partial charge on any atom is -0.368 e. The topological polar surface area (TPSA) is 97.9 Å². The first kappa shape index (κ1) is 14.7. The highest BCUT2D eigenvalue weighted by Crippen LogP contribution is 2.33. The summed E-state index contributed by atoms with van der Waals surface area (Å²) in [7, 11) is 0. The minimum absolute atomic E-state index is 0.280. The van der Waals surface area contributed by atoms with Gasteiger partial charge in [-0.05, 0) is 17.9 Å². The van der Waals surface area contributed by atoms with E-state index in [1.165, 1.54) is 22.7 Å². The third kappa shape index (κ3) is 2.20. The van der Waals surface area contributed by atoms with E-state index in [2.05, 4.69) is 4.98 Å². The number of amides is 1. The van der Waals surface area contributed by atoms with E-state index in [1.807, 2.05) is 22.9 Å². The van der Waals surface area contributed by atoms with Crippen LogP contribution in [0.15, 0.2) is 32.5 Å². The first-order chi connectivity index (χ1) is 10.5. The van der Waals surface area contributed by atoms with Crippen LogP contribution in [-0.2, 0) is 4.79 Å². The van der Waals surface area contributed by atoms with E-state index in [-0.39, 0.29) is 6.42 Å². The molecule has 1 unspecified atom stereocenters. The smallest absolute Gasteiger partial charge is 0.330 e. The van der Waals surface area contributed by atoms with Gasteiger partial charge in [-0.3, -0.25) is 14.6 Å². The van der Waals surface area contributed by atoms with Crippen LogP contribution in [0.1, 0.15) is 19.4 Å². The number of carbonyl (C=O) groups excluding carboxylic acids is 1. The highest BCUT2D eigenvalue weighted by Gasteiger charge is 2.23. The Balaban J connectivity index is 2.36. The predicted molar refractivity (Wildman–Crippen MR) is 88.5 cm³/mol. The molecule has 8 heteroatoms. The molecular weight excluding hydrogens is 322 g/mol. The molecule has 0 aliphatic rings. The lowest BCUT2D eigenvalue weighted by Crippen LogP contribution is -2.42. The van der Waals surface area contributed by atoms with Gasteiger partial charge in [0.1, 0.15) is 10.9 Å². The first-order valence-corrected chi connectivity index (χ1v) is 8.39. The number of nitrogens with zero attached hydrogens (tertiary/aromatic N) is 1. The summed E-state index contributed by atoms with van der Waals surface area (Å²) >= 11 is 2.81. The average Bonchev–Trinajstić information content (AvgIpc) is 3.11. The van der Waals surface area contributed by atoms with Crippen LogP contribution in [0.5, 0.6) is 0 Å². The van der Waals surface area contributed by atoms with Crippen molar-refractivity contribution < 1.29 is 4.79 Å². The molecule has 0 aliphatic heterocycles. The molecule has 1 atom stereocenters. The number of primary amides is 1. The summed E-state index contributed by atoms with van der Waals surface area (Å²) < 4.78 is 0.925. The standard InChI is InChI=1S/C14H13N3O3S2/c1-2-8(11(15)18)17-13(19)10-7(9-4-3-5-21-9)6-22-12(10)16-14(17)20/h3-6,8H,2H2,1H3,(H2,15,18)(H,16,20). The summed E-state index contributed by atoms with van der Waals surface area (Å²) in [6.45, 7) is 1.71. The van der Waals surface area contributed by atoms with Crippen molar-refractivity contribution in [2.24, 2.45) is 5.73 Å². The lowest BCUT2D eigenvalue weighted by Gasteiger charge is -2.13. The summed E-state index contributed by atoms with van der Waals surface area (Å²) in [6, 6.07) is 2.86. The Labute approximate surface area is 132 Å². The SMILES string of the molecule is CCC(C(N)=O)n1c(=O)[nH]c2scc(-c3cccs3)c2c1=O. The quantitative estimate of drug-likeness (QED) is 0.762. The van der Waals surface area contributed by atoms with E-state index in [9.17, 15) is 14.4 Å². The van der Waals surface area contributed by atoms with Crippen molar-refractivity contribution in [1.29, 1.82) is 0 Å². The number of fused-ring (bicyclic) bond motifs is 1. The van der Waals surface area contributed by atoms with E-state index < -0.39 is 23.2 Å². The number of carbonyl (C=O) groups is 1. The Morgan fingerprint density at radius 2 is 2.18 bits per heavy atom. The molecule has 0 aliphatic carbocycles. The molecule has 0 aromatic carbocycles. The molecule has 22 heavy (non-hydrogen) atoms. The van der Waals surface area contributed by atoms with Gasteiger partial charge in [0.2, 0.25) is 5.91 Å². The van der Waals surface area contributed by atoms with Crippen LogP contribution in [0.2, 0.25) is 0 Å². The highest BCUT2D eigenvalue weighted by molar-refractivity contribution is 7.18. The average molecular weight is 335 g/mol. The fourth-order valence-electron chi connectivity index (χ4n) is 2.44. The Morgan fingerprint density at radius 3 is 2.77 bits per heavy atom. The maximum absolute atomic E-state index is 12.8. The number of nitrogens with two attached hydrogens (primary N) is 1. The van der Waals surface area contributed by atoms with Crippen molar-refractivity contribution in [3.8, 4) is 10.4 Å². The Kier molecular flexibility index (Phi) is 3.71. The number of hydrogen-bond acceptors (Lipinski definition) is 5. The molecule has 0 fully saturated rings. The van der Waals surface area contributed by atoms with Gasteiger partial charge in [0.15, 0.2) is 0 Å². The summed E-state index contributed by atoms with van der Waals surface area (Å²) in [6.07, 6.45) is 0.280.